The minimum absolute atomic E-state index is 0.241. The second-order valence-electron chi connectivity index (χ2n) is 3.22. The molecule has 5 unspecified atom stereocenters. The average Bonchev–Trinajstić information content (AvgIpc) is 1.99. The summed E-state index contributed by atoms with van der Waals surface area (Å²) >= 11 is 0. The number of aliphatic hydroxyl groups excluding tert-OH is 4. The van der Waals surface area contributed by atoms with Crippen LogP contribution in [0.3, 0.4) is 0 Å². The second-order valence-corrected chi connectivity index (χ2v) is 3.22. The van der Waals surface area contributed by atoms with Gasteiger partial charge in [-0.25, -0.2) is 0 Å². The van der Waals surface area contributed by atoms with Crippen LogP contribution in [0.1, 0.15) is 6.42 Å². The molecule has 13 heavy (non-hydrogen) atoms. The summed E-state index contributed by atoms with van der Waals surface area (Å²) in [5, 5.41) is 45.1. The van der Waals surface area contributed by atoms with E-state index in [0.29, 0.717) is 0 Å². The van der Waals surface area contributed by atoms with E-state index in [2.05, 4.69) is 0 Å². The molecule has 5 atom stereocenters. The minimum Gasteiger partial charge on any atom is -0.481 e. The maximum absolute atomic E-state index is 10.5. The minimum atomic E-state index is -1.63. The molecule has 0 amide bonds. The Morgan fingerprint density at radius 1 is 1.00 bits per heavy atom. The molecule has 1 fully saturated rings. The Hall–Kier alpha value is -0.690. The molecule has 0 saturated heterocycles. The summed E-state index contributed by atoms with van der Waals surface area (Å²) in [6, 6.07) is 0. The van der Waals surface area contributed by atoms with Crippen molar-refractivity contribution in [2.24, 2.45) is 5.92 Å². The van der Waals surface area contributed by atoms with Crippen molar-refractivity contribution in [2.75, 3.05) is 0 Å². The molecule has 1 saturated carbocycles. The van der Waals surface area contributed by atoms with Gasteiger partial charge in [-0.1, -0.05) is 0 Å². The van der Waals surface area contributed by atoms with Crippen molar-refractivity contribution in [3.05, 3.63) is 0 Å². The Morgan fingerprint density at radius 2 is 1.54 bits per heavy atom. The van der Waals surface area contributed by atoms with Gasteiger partial charge in [-0.05, 0) is 0 Å². The van der Waals surface area contributed by atoms with Crippen molar-refractivity contribution in [1.82, 2.24) is 0 Å². The fraction of sp³-hybridized carbons (Fsp3) is 0.857. The van der Waals surface area contributed by atoms with E-state index in [0.717, 1.165) is 0 Å². The third-order valence-corrected chi connectivity index (χ3v) is 2.29. The predicted molar refractivity (Wildman–Crippen MR) is 39.8 cm³/mol. The first-order valence-corrected chi connectivity index (χ1v) is 3.90. The molecule has 0 spiro atoms. The van der Waals surface area contributed by atoms with Gasteiger partial charge < -0.3 is 25.5 Å². The number of carbonyl (C=O) groups is 1. The van der Waals surface area contributed by atoms with Gasteiger partial charge in [0.25, 0.3) is 0 Å². The first kappa shape index (κ1) is 10.4. The summed E-state index contributed by atoms with van der Waals surface area (Å²) < 4.78 is 0. The zero-order valence-corrected chi connectivity index (χ0v) is 6.74. The molecular weight excluding hydrogens is 180 g/mol. The summed E-state index contributed by atoms with van der Waals surface area (Å²) in [5.41, 5.74) is 0. The largest absolute Gasteiger partial charge is 0.481 e. The first-order valence-electron chi connectivity index (χ1n) is 3.90. The SMILES string of the molecule is O=C(O)C1C(O)CC(O)C(O)C1O. The van der Waals surface area contributed by atoms with Gasteiger partial charge in [0.2, 0.25) is 0 Å². The fourth-order valence-electron chi connectivity index (χ4n) is 1.51. The Balaban J connectivity index is 2.79. The Bertz CT molecular complexity index is 205. The molecule has 0 aromatic carbocycles. The second kappa shape index (κ2) is 3.59. The van der Waals surface area contributed by atoms with Crippen LogP contribution >= 0.6 is 0 Å². The molecule has 0 bridgehead atoms. The van der Waals surface area contributed by atoms with Gasteiger partial charge in [0.05, 0.1) is 18.3 Å². The molecule has 76 valence electrons. The van der Waals surface area contributed by atoms with Crippen LogP contribution in [-0.4, -0.2) is 55.9 Å². The van der Waals surface area contributed by atoms with E-state index in [9.17, 15) is 15.0 Å². The highest BCUT2D eigenvalue weighted by Gasteiger charge is 2.45. The van der Waals surface area contributed by atoms with E-state index in [1.165, 1.54) is 0 Å². The molecule has 6 nitrogen and oxygen atoms in total. The van der Waals surface area contributed by atoms with Gasteiger partial charge in [-0.3, -0.25) is 4.79 Å². The van der Waals surface area contributed by atoms with Crippen LogP contribution in [0.2, 0.25) is 0 Å². The van der Waals surface area contributed by atoms with E-state index in [1.54, 1.807) is 0 Å². The van der Waals surface area contributed by atoms with Gasteiger partial charge in [0, 0.05) is 6.42 Å². The van der Waals surface area contributed by atoms with E-state index < -0.39 is 36.3 Å². The normalized spacial score (nSPS) is 46.0. The van der Waals surface area contributed by atoms with Crippen LogP contribution in [0.25, 0.3) is 0 Å². The third kappa shape index (κ3) is 1.80. The van der Waals surface area contributed by atoms with Gasteiger partial charge in [0.1, 0.15) is 12.0 Å². The molecular formula is C7H12O6. The average molecular weight is 192 g/mol. The topological polar surface area (TPSA) is 118 Å². The molecule has 6 heteroatoms. The third-order valence-electron chi connectivity index (χ3n) is 2.29. The van der Waals surface area contributed by atoms with Crippen LogP contribution in [0, 0.1) is 5.92 Å². The Kier molecular flexibility index (Phi) is 2.87. The van der Waals surface area contributed by atoms with E-state index in [4.69, 9.17) is 15.3 Å². The van der Waals surface area contributed by atoms with Gasteiger partial charge in [-0.15, -0.1) is 0 Å². The standard InChI is InChI=1S/C7H12O6/c8-2-1-3(9)5(10)6(11)4(2)7(12)13/h2-6,8-11H,1H2,(H,12,13). The number of carboxylic acid groups (broad SMARTS) is 1. The summed E-state index contributed by atoms with van der Waals surface area (Å²) in [4.78, 5) is 10.5. The van der Waals surface area contributed by atoms with E-state index in [1.807, 2.05) is 0 Å². The molecule has 0 aliphatic heterocycles. The van der Waals surface area contributed by atoms with Crippen LogP contribution < -0.4 is 0 Å². The van der Waals surface area contributed by atoms with Crippen molar-refractivity contribution in [3.8, 4) is 0 Å². The zero-order chi connectivity index (χ0) is 10.2. The first-order chi connectivity index (χ1) is 5.95. The summed E-state index contributed by atoms with van der Waals surface area (Å²) in [7, 11) is 0. The molecule has 1 rings (SSSR count). The van der Waals surface area contributed by atoms with Crippen molar-refractivity contribution in [2.45, 2.75) is 30.8 Å². The lowest BCUT2D eigenvalue weighted by Crippen LogP contribution is -2.55. The van der Waals surface area contributed by atoms with Crippen LogP contribution in [-0.2, 0) is 4.79 Å². The monoisotopic (exact) mass is 192 g/mol. The van der Waals surface area contributed by atoms with Crippen LogP contribution in [0.15, 0.2) is 0 Å². The lowest BCUT2D eigenvalue weighted by atomic mass is 9.80. The maximum Gasteiger partial charge on any atom is 0.311 e. The lowest BCUT2D eigenvalue weighted by molar-refractivity contribution is -0.177. The highest BCUT2D eigenvalue weighted by molar-refractivity contribution is 5.71. The lowest BCUT2D eigenvalue weighted by Gasteiger charge is -2.36. The summed E-state index contributed by atoms with van der Waals surface area (Å²) in [5.74, 6) is -2.82. The number of aliphatic hydroxyl groups is 4. The van der Waals surface area contributed by atoms with Crippen LogP contribution in [0.5, 0.6) is 0 Å². The molecule has 0 heterocycles. The molecule has 5 N–H and O–H groups in total. The van der Waals surface area contributed by atoms with Crippen molar-refractivity contribution < 1.29 is 30.3 Å². The smallest absolute Gasteiger partial charge is 0.311 e. The summed E-state index contributed by atoms with van der Waals surface area (Å²) in [6.07, 6.45) is -5.98. The molecule has 0 aromatic rings. The number of hydrogen-bond donors (Lipinski definition) is 5. The van der Waals surface area contributed by atoms with E-state index >= 15 is 0 Å². The molecule has 1 aliphatic carbocycles. The van der Waals surface area contributed by atoms with Gasteiger partial charge in [-0.2, -0.15) is 0 Å². The molecule has 0 radical (unpaired) electrons. The van der Waals surface area contributed by atoms with Crippen LogP contribution in [0.4, 0.5) is 0 Å². The Morgan fingerprint density at radius 3 is 2.00 bits per heavy atom. The molecule has 1 aliphatic rings. The molecule has 0 aromatic heterocycles. The quantitative estimate of drug-likeness (QED) is 0.314. The summed E-state index contributed by atoms with van der Waals surface area (Å²) in [6.45, 7) is 0. The van der Waals surface area contributed by atoms with Crippen molar-refractivity contribution in [1.29, 1.82) is 0 Å². The van der Waals surface area contributed by atoms with Gasteiger partial charge >= 0.3 is 5.97 Å². The number of aliphatic carboxylic acids is 1. The highest BCUT2D eigenvalue weighted by atomic mass is 16.4. The van der Waals surface area contributed by atoms with Crippen molar-refractivity contribution >= 4 is 5.97 Å². The number of carboxylic acids is 1. The number of rotatable bonds is 1. The maximum atomic E-state index is 10.5. The predicted octanol–water partition coefficient (Wildman–Crippen LogP) is -2.47. The van der Waals surface area contributed by atoms with E-state index in [-0.39, 0.29) is 6.42 Å². The number of hydrogen-bond acceptors (Lipinski definition) is 5. The Labute approximate surface area is 74.1 Å². The fourth-order valence-corrected chi connectivity index (χ4v) is 1.51. The zero-order valence-electron chi connectivity index (χ0n) is 6.74. The van der Waals surface area contributed by atoms with Crippen molar-refractivity contribution in [3.63, 3.8) is 0 Å². The highest BCUT2D eigenvalue weighted by Crippen LogP contribution is 2.25. The van der Waals surface area contributed by atoms with Gasteiger partial charge in [0.15, 0.2) is 0 Å².